The molecule has 2 aromatic carbocycles. The number of anilines is 2. The molecule has 2 unspecified atom stereocenters. The molecule has 1 amide bonds. The molecule has 5 rings (SSSR count). The van der Waals surface area contributed by atoms with Crippen LogP contribution in [0.4, 0.5) is 11.4 Å². The number of nitrogens with one attached hydrogen (secondary N) is 2. The topological polar surface area (TPSA) is 102 Å². The second-order valence-corrected chi connectivity index (χ2v) is 11.9. The molecule has 0 aliphatic carbocycles. The summed E-state index contributed by atoms with van der Waals surface area (Å²) in [5.74, 6) is 0.714. The van der Waals surface area contributed by atoms with Gasteiger partial charge in [-0.1, -0.05) is 38.1 Å². The lowest BCUT2D eigenvalue weighted by molar-refractivity contribution is -0.130. The number of benzene rings is 2. The number of hydrogen-bond donors (Lipinski definition) is 3. The number of hydrogen-bond acceptors (Lipinski definition) is 7. The zero-order valence-electron chi connectivity index (χ0n) is 24.9. The molecule has 8 heteroatoms. The number of nitrogen functional groups attached to an aromatic ring is 1. The van der Waals surface area contributed by atoms with E-state index >= 15 is 0 Å². The van der Waals surface area contributed by atoms with Gasteiger partial charge in [-0.2, -0.15) is 0 Å². The van der Waals surface area contributed by atoms with Crippen LogP contribution < -0.4 is 21.1 Å². The fourth-order valence-electron chi connectivity index (χ4n) is 6.11. The van der Waals surface area contributed by atoms with Crippen LogP contribution in [0.1, 0.15) is 59.6 Å². The number of nitrogens with two attached hydrogens (primary N) is 1. The highest BCUT2D eigenvalue weighted by Crippen LogP contribution is 2.45. The summed E-state index contributed by atoms with van der Waals surface area (Å²) in [5, 5.41) is 6.46. The van der Waals surface area contributed by atoms with Gasteiger partial charge in [0.2, 0.25) is 5.91 Å². The van der Waals surface area contributed by atoms with Crippen molar-refractivity contribution in [2.75, 3.05) is 44.5 Å². The molecule has 3 heterocycles. The molecule has 3 aromatic rings. The minimum Gasteiger partial charge on any atom is -0.492 e. The Morgan fingerprint density at radius 1 is 1.20 bits per heavy atom. The number of fused-ring (bicyclic) bond motifs is 1. The molecular formula is C33H43N5O3. The summed E-state index contributed by atoms with van der Waals surface area (Å²) in [6.07, 6.45) is 4.51. The number of aromatic nitrogens is 1. The lowest BCUT2D eigenvalue weighted by atomic mass is 9.69. The highest BCUT2D eigenvalue weighted by molar-refractivity contribution is 5.85. The molecular weight excluding hydrogens is 514 g/mol. The van der Waals surface area contributed by atoms with Crippen LogP contribution in [0.25, 0.3) is 0 Å². The molecule has 1 aromatic heterocycles. The Morgan fingerprint density at radius 3 is 2.78 bits per heavy atom. The third kappa shape index (κ3) is 6.04. The van der Waals surface area contributed by atoms with Gasteiger partial charge < -0.3 is 25.8 Å². The summed E-state index contributed by atoms with van der Waals surface area (Å²) < 4.78 is 11.5. The minimum absolute atomic E-state index is 0.0181. The Balaban J connectivity index is 1.52. The molecule has 1 saturated heterocycles. The van der Waals surface area contributed by atoms with Crippen LogP contribution in [-0.2, 0) is 22.6 Å². The van der Waals surface area contributed by atoms with Crippen LogP contribution in [0.15, 0.2) is 48.8 Å². The van der Waals surface area contributed by atoms with Crippen LogP contribution in [0, 0.1) is 19.3 Å². The highest BCUT2D eigenvalue weighted by Gasteiger charge is 2.41. The van der Waals surface area contributed by atoms with Gasteiger partial charge in [0.15, 0.2) is 0 Å². The van der Waals surface area contributed by atoms with E-state index in [0.717, 1.165) is 59.7 Å². The number of ether oxygens (including phenoxy) is 2. The fourth-order valence-corrected chi connectivity index (χ4v) is 6.11. The molecule has 218 valence electrons. The Kier molecular flexibility index (Phi) is 8.52. The molecule has 2 aliphatic rings. The Bertz CT molecular complexity index is 1400. The largest absolute Gasteiger partial charge is 0.492 e. The smallest absolute Gasteiger partial charge is 0.226 e. The molecule has 41 heavy (non-hydrogen) atoms. The monoisotopic (exact) mass is 557 g/mol. The van der Waals surface area contributed by atoms with Crippen molar-refractivity contribution < 1.29 is 14.3 Å². The Hall–Kier alpha value is -3.62. The number of carbonyl (C=O) groups is 1. The first-order valence-electron chi connectivity index (χ1n) is 14.5. The zero-order chi connectivity index (χ0) is 29.1. The van der Waals surface area contributed by atoms with Crippen molar-refractivity contribution in [3.63, 3.8) is 0 Å². The third-order valence-electron chi connectivity index (χ3n) is 8.73. The van der Waals surface area contributed by atoms with E-state index in [2.05, 4.69) is 58.6 Å². The van der Waals surface area contributed by atoms with E-state index in [1.807, 2.05) is 39.2 Å². The van der Waals surface area contributed by atoms with Gasteiger partial charge in [-0.15, -0.1) is 0 Å². The van der Waals surface area contributed by atoms with Crippen LogP contribution in [0.2, 0.25) is 0 Å². The standard InChI is InChI=1S/C33H43N5O3/c1-21-6-7-23(16-24(21)18-38-13-15-41-29-10-12-36-17-25(29)19-38)30(27-8-9-28(35-5)31(34)22(27)2)33(3,4)32(39)37-26-11-14-40-20-26/h6-10,12,16-17,26,30,35H,11,13-15,18-20,34H2,1-5H3,(H,37,39). The van der Waals surface area contributed by atoms with Gasteiger partial charge in [0.1, 0.15) is 12.4 Å². The summed E-state index contributed by atoms with van der Waals surface area (Å²) >= 11 is 0. The zero-order valence-corrected chi connectivity index (χ0v) is 24.9. The number of nitrogens with zero attached hydrogens (tertiary/aromatic N) is 2. The van der Waals surface area contributed by atoms with Gasteiger partial charge >= 0.3 is 0 Å². The lowest BCUT2D eigenvalue weighted by Gasteiger charge is -2.36. The van der Waals surface area contributed by atoms with Gasteiger partial charge in [0, 0.05) is 57.2 Å². The van der Waals surface area contributed by atoms with Gasteiger partial charge in [-0.3, -0.25) is 14.7 Å². The van der Waals surface area contributed by atoms with E-state index in [1.54, 1.807) is 6.20 Å². The normalized spacial score (nSPS) is 18.2. The van der Waals surface area contributed by atoms with E-state index in [4.69, 9.17) is 15.2 Å². The minimum atomic E-state index is -0.755. The fraction of sp³-hybridized carbons (Fsp3) is 0.455. The SMILES string of the molecule is CNc1ccc(C(c2ccc(C)c(CN3CCOc4ccncc4C3)c2)C(C)(C)C(=O)NC2CCOC2)c(C)c1N. The van der Waals surface area contributed by atoms with E-state index in [-0.39, 0.29) is 17.9 Å². The second kappa shape index (κ2) is 12.1. The van der Waals surface area contributed by atoms with Crippen molar-refractivity contribution in [1.82, 2.24) is 15.2 Å². The van der Waals surface area contributed by atoms with Crippen molar-refractivity contribution in [3.8, 4) is 5.75 Å². The van der Waals surface area contributed by atoms with Crippen LogP contribution in [0.5, 0.6) is 5.75 Å². The Morgan fingerprint density at radius 2 is 2.02 bits per heavy atom. The summed E-state index contributed by atoms with van der Waals surface area (Å²) in [6, 6.07) is 12.7. The van der Waals surface area contributed by atoms with Crippen LogP contribution in [-0.4, -0.2) is 55.2 Å². The predicted octanol–water partition coefficient (Wildman–Crippen LogP) is 4.78. The molecule has 1 fully saturated rings. The Labute approximate surface area is 243 Å². The quantitative estimate of drug-likeness (QED) is 0.343. The van der Waals surface area contributed by atoms with Crippen molar-refractivity contribution >= 4 is 17.3 Å². The average molecular weight is 558 g/mol. The first-order chi connectivity index (χ1) is 19.7. The van der Waals surface area contributed by atoms with Gasteiger partial charge in [-0.25, -0.2) is 0 Å². The predicted molar refractivity (Wildman–Crippen MR) is 163 cm³/mol. The number of carbonyl (C=O) groups excluding carboxylic acids is 1. The van der Waals surface area contributed by atoms with Crippen LogP contribution >= 0.6 is 0 Å². The number of amides is 1. The van der Waals surface area contributed by atoms with Crippen molar-refractivity contribution in [3.05, 3.63) is 82.2 Å². The average Bonchev–Trinajstić information content (AvgIpc) is 3.38. The van der Waals surface area contributed by atoms with Gasteiger partial charge in [-0.05, 0) is 60.2 Å². The molecule has 2 atom stereocenters. The summed E-state index contributed by atoms with van der Waals surface area (Å²) in [4.78, 5) is 20.6. The molecule has 0 radical (unpaired) electrons. The van der Waals surface area contributed by atoms with E-state index < -0.39 is 5.41 Å². The number of rotatable bonds is 8. The maximum atomic E-state index is 13.9. The van der Waals surface area contributed by atoms with Crippen molar-refractivity contribution in [1.29, 1.82) is 0 Å². The third-order valence-corrected chi connectivity index (χ3v) is 8.73. The van der Waals surface area contributed by atoms with E-state index in [1.165, 1.54) is 11.1 Å². The molecule has 0 saturated carbocycles. The summed E-state index contributed by atoms with van der Waals surface area (Å²) in [6.45, 7) is 12.5. The van der Waals surface area contributed by atoms with E-state index in [0.29, 0.717) is 25.5 Å². The maximum absolute atomic E-state index is 13.9. The number of pyridine rings is 1. The second-order valence-electron chi connectivity index (χ2n) is 11.9. The van der Waals surface area contributed by atoms with Gasteiger partial charge in [0.25, 0.3) is 0 Å². The molecule has 0 spiro atoms. The van der Waals surface area contributed by atoms with Crippen molar-refractivity contribution in [2.45, 2.75) is 59.2 Å². The molecule has 0 bridgehead atoms. The molecule has 8 nitrogen and oxygen atoms in total. The molecule has 4 N–H and O–H groups in total. The van der Waals surface area contributed by atoms with Crippen LogP contribution in [0.3, 0.4) is 0 Å². The number of aryl methyl sites for hydroxylation is 1. The first-order valence-corrected chi connectivity index (χ1v) is 14.5. The lowest BCUT2D eigenvalue weighted by Crippen LogP contribution is -2.46. The first kappa shape index (κ1) is 28.9. The highest BCUT2D eigenvalue weighted by atomic mass is 16.5. The van der Waals surface area contributed by atoms with Crippen molar-refractivity contribution in [2.24, 2.45) is 5.41 Å². The molecule has 2 aliphatic heterocycles. The van der Waals surface area contributed by atoms with Gasteiger partial charge in [0.05, 0.1) is 29.4 Å². The summed E-state index contributed by atoms with van der Waals surface area (Å²) in [5.41, 5.74) is 14.1. The van der Waals surface area contributed by atoms with E-state index in [9.17, 15) is 4.79 Å². The maximum Gasteiger partial charge on any atom is 0.226 e. The summed E-state index contributed by atoms with van der Waals surface area (Å²) in [7, 11) is 1.87.